The van der Waals surface area contributed by atoms with Crippen LogP contribution in [0.2, 0.25) is 0 Å². The molecule has 0 spiro atoms. The van der Waals surface area contributed by atoms with Crippen molar-refractivity contribution in [3.8, 4) is 0 Å². The van der Waals surface area contributed by atoms with Crippen LogP contribution in [0.15, 0.2) is 0 Å². The van der Waals surface area contributed by atoms with Gasteiger partial charge in [0.15, 0.2) is 0 Å². The van der Waals surface area contributed by atoms with Crippen molar-refractivity contribution < 1.29 is 14.3 Å². The standard InChI is InChI=1S/C18H31N3O3/c1-2-4-17(22)21-8-3-5-16(21)18(23)20-11-9-19(10-12-20)15-6-13-24-14-7-15/h15-16H,2-14H2,1H3. The molecule has 0 aromatic rings. The van der Waals surface area contributed by atoms with Crippen molar-refractivity contribution in [2.24, 2.45) is 0 Å². The van der Waals surface area contributed by atoms with Gasteiger partial charge in [-0.15, -0.1) is 0 Å². The maximum absolute atomic E-state index is 12.9. The Kier molecular flexibility index (Phi) is 6.11. The van der Waals surface area contributed by atoms with Crippen LogP contribution in [-0.4, -0.2) is 84.5 Å². The molecular formula is C18H31N3O3. The van der Waals surface area contributed by atoms with E-state index in [1.165, 1.54) is 0 Å². The zero-order chi connectivity index (χ0) is 16.9. The molecule has 0 N–H and O–H groups in total. The van der Waals surface area contributed by atoms with E-state index in [0.717, 1.165) is 78.0 Å². The van der Waals surface area contributed by atoms with Crippen molar-refractivity contribution in [3.05, 3.63) is 0 Å². The molecule has 3 aliphatic heterocycles. The molecule has 1 atom stereocenters. The first kappa shape index (κ1) is 17.7. The molecule has 0 saturated carbocycles. The van der Waals surface area contributed by atoms with Crippen LogP contribution in [-0.2, 0) is 14.3 Å². The van der Waals surface area contributed by atoms with Crippen LogP contribution in [0.4, 0.5) is 0 Å². The third kappa shape index (κ3) is 3.91. The Hall–Kier alpha value is -1.14. The highest BCUT2D eigenvalue weighted by molar-refractivity contribution is 5.88. The maximum atomic E-state index is 12.9. The number of piperazine rings is 1. The third-order valence-corrected chi connectivity index (χ3v) is 5.66. The van der Waals surface area contributed by atoms with E-state index >= 15 is 0 Å². The predicted octanol–water partition coefficient (Wildman–Crippen LogP) is 1.10. The van der Waals surface area contributed by atoms with E-state index in [-0.39, 0.29) is 17.9 Å². The molecule has 3 rings (SSSR count). The second kappa shape index (κ2) is 8.30. The summed E-state index contributed by atoms with van der Waals surface area (Å²) in [7, 11) is 0. The Morgan fingerprint density at radius 1 is 1.00 bits per heavy atom. The quantitative estimate of drug-likeness (QED) is 0.771. The van der Waals surface area contributed by atoms with Gasteiger partial charge in [0, 0.05) is 58.4 Å². The Bertz CT molecular complexity index is 443. The van der Waals surface area contributed by atoms with Gasteiger partial charge in [-0.05, 0) is 32.1 Å². The van der Waals surface area contributed by atoms with Crippen molar-refractivity contribution >= 4 is 11.8 Å². The van der Waals surface area contributed by atoms with Crippen LogP contribution >= 0.6 is 0 Å². The summed E-state index contributed by atoms with van der Waals surface area (Å²) in [6.45, 7) is 7.97. The molecule has 1 unspecified atom stereocenters. The lowest BCUT2D eigenvalue weighted by molar-refractivity contribution is -0.145. The number of nitrogens with zero attached hydrogens (tertiary/aromatic N) is 3. The Morgan fingerprint density at radius 3 is 2.38 bits per heavy atom. The molecule has 3 heterocycles. The number of rotatable bonds is 4. The normalized spacial score (nSPS) is 26.8. The molecule has 0 aromatic heterocycles. The highest BCUT2D eigenvalue weighted by Gasteiger charge is 2.37. The average molecular weight is 337 g/mol. The minimum absolute atomic E-state index is 0.147. The van der Waals surface area contributed by atoms with Crippen molar-refractivity contribution in [2.75, 3.05) is 45.9 Å². The second-order valence-electron chi connectivity index (χ2n) is 7.20. The molecule has 0 aliphatic carbocycles. The highest BCUT2D eigenvalue weighted by Crippen LogP contribution is 2.22. The number of amides is 2. The van der Waals surface area contributed by atoms with Gasteiger partial charge >= 0.3 is 0 Å². The summed E-state index contributed by atoms with van der Waals surface area (Å²) in [6.07, 6.45) is 5.40. The molecule has 3 fully saturated rings. The van der Waals surface area contributed by atoms with Crippen LogP contribution < -0.4 is 0 Å². The second-order valence-corrected chi connectivity index (χ2v) is 7.20. The van der Waals surface area contributed by atoms with E-state index < -0.39 is 0 Å². The average Bonchev–Trinajstić information content (AvgIpc) is 3.12. The van der Waals surface area contributed by atoms with E-state index in [1.54, 1.807) is 0 Å². The maximum Gasteiger partial charge on any atom is 0.245 e. The minimum atomic E-state index is -0.210. The van der Waals surface area contributed by atoms with Crippen LogP contribution in [0.3, 0.4) is 0 Å². The fourth-order valence-electron chi connectivity index (χ4n) is 4.25. The van der Waals surface area contributed by atoms with Crippen molar-refractivity contribution in [3.63, 3.8) is 0 Å². The van der Waals surface area contributed by atoms with Crippen molar-refractivity contribution in [1.29, 1.82) is 0 Å². The topological polar surface area (TPSA) is 53.1 Å². The largest absolute Gasteiger partial charge is 0.381 e. The lowest BCUT2D eigenvalue weighted by Crippen LogP contribution is -2.56. The molecule has 0 bridgehead atoms. The first-order chi connectivity index (χ1) is 11.7. The van der Waals surface area contributed by atoms with Gasteiger partial charge in [-0.1, -0.05) is 6.92 Å². The molecule has 3 saturated heterocycles. The SMILES string of the molecule is CCCC(=O)N1CCCC1C(=O)N1CCN(C2CCOCC2)CC1. The summed E-state index contributed by atoms with van der Waals surface area (Å²) in [5, 5.41) is 0. The molecule has 24 heavy (non-hydrogen) atoms. The summed E-state index contributed by atoms with van der Waals surface area (Å²) in [5.41, 5.74) is 0. The molecule has 136 valence electrons. The first-order valence-electron chi connectivity index (χ1n) is 9.60. The fraction of sp³-hybridized carbons (Fsp3) is 0.889. The van der Waals surface area contributed by atoms with Gasteiger partial charge in [-0.3, -0.25) is 14.5 Å². The summed E-state index contributed by atoms with van der Waals surface area (Å²) in [5.74, 6) is 0.317. The summed E-state index contributed by atoms with van der Waals surface area (Å²) in [6, 6.07) is 0.406. The minimum Gasteiger partial charge on any atom is -0.381 e. The van der Waals surface area contributed by atoms with Crippen molar-refractivity contribution in [1.82, 2.24) is 14.7 Å². The third-order valence-electron chi connectivity index (χ3n) is 5.66. The number of ether oxygens (including phenoxy) is 1. The number of carbonyl (C=O) groups is 2. The summed E-state index contributed by atoms with van der Waals surface area (Å²) < 4.78 is 5.44. The monoisotopic (exact) mass is 337 g/mol. The predicted molar refractivity (Wildman–Crippen MR) is 91.6 cm³/mol. The molecule has 3 aliphatic rings. The van der Waals surface area contributed by atoms with Crippen LogP contribution in [0.1, 0.15) is 45.4 Å². The van der Waals surface area contributed by atoms with E-state index in [1.807, 2.05) is 16.7 Å². The smallest absolute Gasteiger partial charge is 0.245 e. The molecule has 6 heteroatoms. The highest BCUT2D eigenvalue weighted by atomic mass is 16.5. The summed E-state index contributed by atoms with van der Waals surface area (Å²) >= 11 is 0. The van der Waals surface area contributed by atoms with Gasteiger partial charge in [0.1, 0.15) is 6.04 Å². The van der Waals surface area contributed by atoms with Gasteiger partial charge in [-0.25, -0.2) is 0 Å². The molecule has 2 amide bonds. The first-order valence-corrected chi connectivity index (χ1v) is 9.60. The number of hydrogen-bond acceptors (Lipinski definition) is 4. The van der Waals surface area contributed by atoms with Gasteiger partial charge < -0.3 is 14.5 Å². The lowest BCUT2D eigenvalue weighted by Gasteiger charge is -2.41. The zero-order valence-corrected chi connectivity index (χ0v) is 14.9. The Morgan fingerprint density at radius 2 is 1.71 bits per heavy atom. The number of likely N-dealkylation sites (tertiary alicyclic amines) is 1. The Balaban J connectivity index is 1.51. The van der Waals surface area contributed by atoms with Gasteiger partial charge in [-0.2, -0.15) is 0 Å². The van der Waals surface area contributed by atoms with Gasteiger partial charge in [0.05, 0.1) is 0 Å². The molecule has 0 aromatic carbocycles. The van der Waals surface area contributed by atoms with E-state index in [9.17, 15) is 9.59 Å². The van der Waals surface area contributed by atoms with Gasteiger partial charge in [0.25, 0.3) is 0 Å². The van der Waals surface area contributed by atoms with E-state index in [4.69, 9.17) is 4.74 Å². The molecular weight excluding hydrogens is 306 g/mol. The van der Waals surface area contributed by atoms with Crippen molar-refractivity contribution in [2.45, 2.75) is 57.5 Å². The zero-order valence-electron chi connectivity index (χ0n) is 14.9. The summed E-state index contributed by atoms with van der Waals surface area (Å²) in [4.78, 5) is 31.5. The fourth-order valence-corrected chi connectivity index (χ4v) is 4.25. The van der Waals surface area contributed by atoms with Crippen LogP contribution in [0.5, 0.6) is 0 Å². The van der Waals surface area contributed by atoms with Crippen LogP contribution in [0.25, 0.3) is 0 Å². The van der Waals surface area contributed by atoms with Gasteiger partial charge in [0.2, 0.25) is 11.8 Å². The van der Waals surface area contributed by atoms with E-state index in [0.29, 0.717) is 12.5 Å². The number of carbonyl (C=O) groups excluding carboxylic acids is 2. The van der Waals surface area contributed by atoms with Crippen LogP contribution in [0, 0.1) is 0 Å². The Labute approximate surface area is 145 Å². The molecule has 6 nitrogen and oxygen atoms in total. The van der Waals surface area contributed by atoms with E-state index in [2.05, 4.69) is 4.90 Å². The molecule has 0 radical (unpaired) electrons. The lowest BCUT2D eigenvalue weighted by atomic mass is 10.1. The number of hydrogen-bond donors (Lipinski definition) is 0.